The van der Waals surface area contributed by atoms with E-state index < -0.39 is 0 Å². The number of nitrogens with two attached hydrogens (primary N) is 1. The first-order valence-electron chi connectivity index (χ1n) is 4.20. The summed E-state index contributed by atoms with van der Waals surface area (Å²) in [6.07, 6.45) is 0. The number of rotatable bonds is 1. The van der Waals surface area contributed by atoms with E-state index in [0.29, 0.717) is 12.1 Å². The second kappa shape index (κ2) is 2.71. The Morgan fingerprint density at radius 3 is 2.55 bits per heavy atom. The van der Waals surface area contributed by atoms with Crippen molar-refractivity contribution >= 4 is 0 Å². The molecule has 0 amide bonds. The lowest BCUT2D eigenvalue weighted by Gasteiger charge is -2.41. The molecule has 11 heavy (non-hydrogen) atoms. The molecule has 0 bridgehead atoms. The molecule has 2 aliphatic rings. The third kappa shape index (κ3) is 1.39. The van der Waals surface area contributed by atoms with E-state index >= 15 is 0 Å². The second-order valence-corrected chi connectivity index (χ2v) is 3.65. The maximum atomic E-state index is 5.76. The molecule has 0 aromatic rings. The molecule has 0 spiro atoms. The minimum atomic E-state index is 0.334. The quantitative estimate of drug-likeness (QED) is 0.482. The molecule has 2 rings (SSSR count). The second-order valence-electron chi connectivity index (χ2n) is 3.65. The number of likely N-dealkylation sites (tertiary alicyclic amines) is 1. The average Bonchev–Trinajstić information content (AvgIpc) is 2.29. The Morgan fingerprint density at radius 1 is 1.36 bits per heavy atom. The van der Waals surface area contributed by atoms with Gasteiger partial charge in [0.1, 0.15) is 0 Å². The first kappa shape index (κ1) is 7.49. The predicted octanol–water partition coefficient (Wildman–Crippen LogP) is -1.55. The zero-order chi connectivity index (χ0) is 7.84. The molecule has 0 aliphatic carbocycles. The van der Waals surface area contributed by atoms with Gasteiger partial charge < -0.3 is 10.6 Å². The molecular weight excluding hydrogens is 140 g/mol. The number of hydrazine groups is 1. The van der Waals surface area contributed by atoms with Crippen molar-refractivity contribution in [2.45, 2.75) is 12.1 Å². The van der Waals surface area contributed by atoms with Gasteiger partial charge in [0.2, 0.25) is 0 Å². The molecule has 1 atom stereocenters. The van der Waals surface area contributed by atoms with E-state index in [1.807, 2.05) is 0 Å². The summed E-state index contributed by atoms with van der Waals surface area (Å²) in [4.78, 5) is 2.32. The van der Waals surface area contributed by atoms with Gasteiger partial charge in [0.05, 0.1) is 0 Å². The van der Waals surface area contributed by atoms with E-state index in [9.17, 15) is 0 Å². The summed E-state index contributed by atoms with van der Waals surface area (Å²) in [7, 11) is 2.15. The Kier molecular flexibility index (Phi) is 1.85. The van der Waals surface area contributed by atoms with Crippen molar-refractivity contribution in [2.75, 3.05) is 33.2 Å². The van der Waals surface area contributed by atoms with Gasteiger partial charge in [-0.25, -0.2) is 5.01 Å². The molecule has 64 valence electrons. The highest BCUT2D eigenvalue weighted by Gasteiger charge is 2.32. The van der Waals surface area contributed by atoms with Gasteiger partial charge in [-0.1, -0.05) is 0 Å². The molecule has 2 heterocycles. The lowest BCUT2D eigenvalue weighted by atomic mass is 10.1. The van der Waals surface area contributed by atoms with Crippen LogP contribution in [0.25, 0.3) is 0 Å². The molecule has 2 saturated heterocycles. The molecule has 0 saturated carbocycles. The minimum Gasteiger partial charge on any atom is -0.325 e. The van der Waals surface area contributed by atoms with Gasteiger partial charge in [0.15, 0.2) is 0 Å². The summed E-state index contributed by atoms with van der Waals surface area (Å²) in [5.74, 6) is 0. The summed E-state index contributed by atoms with van der Waals surface area (Å²) >= 11 is 0. The largest absolute Gasteiger partial charge is 0.325 e. The van der Waals surface area contributed by atoms with Crippen LogP contribution in [0.4, 0.5) is 0 Å². The maximum Gasteiger partial charge on any atom is 0.0498 e. The lowest BCUT2D eigenvalue weighted by molar-refractivity contribution is 0.0390. The van der Waals surface area contributed by atoms with Crippen molar-refractivity contribution in [1.82, 2.24) is 15.3 Å². The van der Waals surface area contributed by atoms with Crippen molar-refractivity contribution in [3.8, 4) is 0 Å². The van der Waals surface area contributed by atoms with Crippen LogP contribution in [0, 0.1) is 0 Å². The molecule has 2 fully saturated rings. The van der Waals surface area contributed by atoms with Crippen molar-refractivity contribution in [3.05, 3.63) is 0 Å². The fourth-order valence-corrected chi connectivity index (χ4v) is 1.76. The van der Waals surface area contributed by atoms with Crippen molar-refractivity contribution in [2.24, 2.45) is 5.73 Å². The van der Waals surface area contributed by atoms with Crippen LogP contribution >= 0.6 is 0 Å². The van der Waals surface area contributed by atoms with E-state index in [-0.39, 0.29) is 0 Å². The minimum absolute atomic E-state index is 0.334. The molecule has 0 aromatic carbocycles. The molecular formula is C7H16N4. The van der Waals surface area contributed by atoms with Crippen LogP contribution in [0.1, 0.15) is 0 Å². The first-order valence-corrected chi connectivity index (χ1v) is 4.20. The van der Waals surface area contributed by atoms with E-state index in [0.717, 1.165) is 13.1 Å². The van der Waals surface area contributed by atoms with Crippen molar-refractivity contribution < 1.29 is 0 Å². The average molecular weight is 156 g/mol. The summed E-state index contributed by atoms with van der Waals surface area (Å²) in [6, 6.07) is 1.04. The highest BCUT2D eigenvalue weighted by molar-refractivity contribution is 4.89. The van der Waals surface area contributed by atoms with Gasteiger partial charge in [0, 0.05) is 38.3 Å². The molecule has 1 unspecified atom stereocenters. The molecule has 4 heteroatoms. The van der Waals surface area contributed by atoms with Gasteiger partial charge in [0.25, 0.3) is 0 Å². The van der Waals surface area contributed by atoms with Gasteiger partial charge in [-0.3, -0.25) is 5.43 Å². The third-order valence-electron chi connectivity index (χ3n) is 2.47. The molecule has 3 N–H and O–H groups in total. The highest BCUT2D eigenvalue weighted by Crippen LogP contribution is 2.12. The highest BCUT2D eigenvalue weighted by atomic mass is 15.6. The van der Waals surface area contributed by atoms with Crippen LogP contribution in [-0.2, 0) is 0 Å². The number of hydrogen-bond acceptors (Lipinski definition) is 4. The normalized spacial score (nSPS) is 36.0. The maximum absolute atomic E-state index is 5.76. The SMILES string of the molecule is CN1CC(N2CC(N)CN2)C1. The number of hydrogen-bond donors (Lipinski definition) is 2. The number of nitrogens with zero attached hydrogens (tertiary/aromatic N) is 2. The van der Waals surface area contributed by atoms with Crippen LogP contribution in [0.2, 0.25) is 0 Å². The van der Waals surface area contributed by atoms with E-state index in [4.69, 9.17) is 5.73 Å². The van der Waals surface area contributed by atoms with E-state index in [1.165, 1.54) is 13.1 Å². The zero-order valence-electron chi connectivity index (χ0n) is 6.95. The summed E-state index contributed by atoms with van der Waals surface area (Å²) < 4.78 is 0. The standard InChI is InChI=1S/C7H16N4/c1-10-4-7(5-10)11-3-6(8)2-9-11/h6-7,9H,2-5,8H2,1H3. The smallest absolute Gasteiger partial charge is 0.0498 e. The monoisotopic (exact) mass is 156 g/mol. The molecule has 0 radical (unpaired) electrons. The Balaban J connectivity index is 1.79. The van der Waals surface area contributed by atoms with Crippen LogP contribution in [-0.4, -0.2) is 55.2 Å². The van der Waals surface area contributed by atoms with Crippen LogP contribution < -0.4 is 11.2 Å². The van der Waals surface area contributed by atoms with Crippen LogP contribution in [0.15, 0.2) is 0 Å². The topological polar surface area (TPSA) is 44.5 Å². The number of nitrogens with one attached hydrogen (secondary N) is 1. The van der Waals surface area contributed by atoms with Gasteiger partial charge in [-0.15, -0.1) is 0 Å². The number of likely N-dealkylation sites (N-methyl/N-ethyl adjacent to an activating group) is 1. The third-order valence-corrected chi connectivity index (χ3v) is 2.47. The predicted molar refractivity (Wildman–Crippen MR) is 44.0 cm³/mol. The summed E-state index contributed by atoms with van der Waals surface area (Å²) in [5, 5.41) is 2.28. The Bertz CT molecular complexity index is 143. The Morgan fingerprint density at radius 2 is 2.09 bits per heavy atom. The fourth-order valence-electron chi connectivity index (χ4n) is 1.76. The van der Waals surface area contributed by atoms with Crippen molar-refractivity contribution in [3.63, 3.8) is 0 Å². The molecule has 0 aromatic heterocycles. The van der Waals surface area contributed by atoms with Gasteiger partial charge >= 0.3 is 0 Å². The zero-order valence-corrected chi connectivity index (χ0v) is 6.95. The summed E-state index contributed by atoms with van der Waals surface area (Å²) in [6.45, 7) is 4.32. The lowest BCUT2D eigenvalue weighted by Crippen LogP contribution is -2.59. The molecule has 2 aliphatic heterocycles. The Labute approximate surface area is 67.3 Å². The van der Waals surface area contributed by atoms with Crippen LogP contribution in [0.5, 0.6) is 0 Å². The first-order chi connectivity index (χ1) is 5.25. The van der Waals surface area contributed by atoms with Gasteiger partial charge in [-0.2, -0.15) is 0 Å². The summed E-state index contributed by atoms with van der Waals surface area (Å²) in [5.41, 5.74) is 9.07. The molecule has 4 nitrogen and oxygen atoms in total. The van der Waals surface area contributed by atoms with Crippen molar-refractivity contribution in [1.29, 1.82) is 0 Å². The fraction of sp³-hybridized carbons (Fsp3) is 1.00. The van der Waals surface area contributed by atoms with E-state index in [1.54, 1.807) is 0 Å². The Hall–Kier alpha value is -0.160. The van der Waals surface area contributed by atoms with Gasteiger partial charge in [-0.05, 0) is 7.05 Å². The van der Waals surface area contributed by atoms with E-state index in [2.05, 4.69) is 22.4 Å². The van der Waals surface area contributed by atoms with Crippen LogP contribution in [0.3, 0.4) is 0 Å².